The molecule has 5 nitrogen and oxygen atoms in total. The van der Waals surface area contributed by atoms with E-state index in [1.807, 2.05) is 4.90 Å². The smallest absolute Gasteiger partial charge is 0.230 e. The highest BCUT2D eigenvalue weighted by atomic mass is 35.5. The van der Waals surface area contributed by atoms with Gasteiger partial charge in [0.1, 0.15) is 0 Å². The molecular formula is C19H34ClN3O2. The van der Waals surface area contributed by atoms with Crippen LogP contribution in [0.3, 0.4) is 0 Å². The fraction of sp³-hybridized carbons (Fsp3) is 0.895. The van der Waals surface area contributed by atoms with Crippen molar-refractivity contribution in [2.45, 2.75) is 64.2 Å². The SMILES string of the molecule is Cl.O=C(CC1(C(=O)N2CCCCCC2)CCNC1)N1CCCCCC1. The molecule has 0 saturated carbocycles. The third-order valence-electron chi connectivity index (χ3n) is 6.04. The predicted octanol–water partition coefficient (Wildman–Crippen LogP) is 2.58. The predicted molar refractivity (Wildman–Crippen MR) is 102 cm³/mol. The number of halogens is 1. The van der Waals surface area contributed by atoms with Crippen LogP contribution in [0.25, 0.3) is 0 Å². The van der Waals surface area contributed by atoms with Gasteiger partial charge in [-0.15, -0.1) is 12.4 Å². The highest BCUT2D eigenvalue weighted by Gasteiger charge is 2.45. The van der Waals surface area contributed by atoms with Gasteiger partial charge in [0, 0.05) is 39.1 Å². The molecule has 0 aromatic heterocycles. The zero-order valence-electron chi connectivity index (χ0n) is 15.4. The molecule has 25 heavy (non-hydrogen) atoms. The van der Waals surface area contributed by atoms with E-state index in [1.165, 1.54) is 25.7 Å². The largest absolute Gasteiger partial charge is 0.343 e. The topological polar surface area (TPSA) is 52.7 Å². The fourth-order valence-corrected chi connectivity index (χ4v) is 4.48. The van der Waals surface area contributed by atoms with Gasteiger partial charge < -0.3 is 15.1 Å². The minimum Gasteiger partial charge on any atom is -0.343 e. The lowest BCUT2D eigenvalue weighted by atomic mass is 9.81. The molecule has 144 valence electrons. The van der Waals surface area contributed by atoms with E-state index < -0.39 is 5.41 Å². The maximum Gasteiger partial charge on any atom is 0.230 e. The number of hydrogen-bond acceptors (Lipinski definition) is 3. The molecule has 0 radical (unpaired) electrons. The summed E-state index contributed by atoms with van der Waals surface area (Å²) in [6.07, 6.45) is 10.5. The van der Waals surface area contributed by atoms with E-state index in [2.05, 4.69) is 10.2 Å². The summed E-state index contributed by atoms with van der Waals surface area (Å²) < 4.78 is 0. The van der Waals surface area contributed by atoms with E-state index in [9.17, 15) is 9.59 Å². The maximum absolute atomic E-state index is 13.3. The highest BCUT2D eigenvalue weighted by molar-refractivity contribution is 5.89. The summed E-state index contributed by atoms with van der Waals surface area (Å²) in [7, 11) is 0. The molecule has 3 aliphatic heterocycles. The average Bonchev–Trinajstić information content (AvgIpc) is 2.82. The van der Waals surface area contributed by atoms with Crippen LogP contribution in [-0.4, -0.2) is 60.9 Å². The molecule has 3 rings (SSSR count). The third kappa shape index (κ3) is 5.10. The summed E-state index contributed by atoms with van der Waals surface area (Å²) in [6, 6.07) is 0. The normalized spacial score (nSPS) is 28.0. The minimum absolute atomic E-state index is 0. The Kier molecular flexibility index (Phi) is 8.01. The van der Waals surface area contributed by atoms with Crippen molar-refractivity contribution < 1.29 is 9.59 Å². The number of nitrogens with zero attached hydrogens (tertiary/aromatic N) is 2. The molecule has 3 fully saturated rings. The number of likely N-dealkylation sites (tertiary alicyclic amines) is 2. The quantitative estimate of drug-likeness (QED) is 0.829. The summed E-state index contributed by atoms with van der Waals surface area (Å²) >= 11 is 0. The molecule has 0 aliphatic carbocycles. The van der Waals surface area contributed by atoms with Gasteiger partial charge in [-0.3, -0.25) is 9.59 Å². The van der Waals surface area contributed by atoms with Crippen LogP contribution in [0.1, 0.15) is 64.2 Å². The van der Waals surface area contributed by atoms with Crippen LogP contribution in [0, 0.1) is 5.41 Å². The van der Waals surface area contributed by atoms with Crippen molar-refractivity contribution in [2.24, 2.45) is 5.41 Å². The van der Waals surface area contributed by atoms with Crippen molar-refractivity contribution in [3.8, 4) is 0 Å². The molecule has 3 aliphatic rings. The molecule has 0 aromatic carbocycles. The van der Waals surface area contributed by atoms with Crippen molar-refractivity contribution in [1.29, 1.82) is 0 Å². The lowest BCUT2D eigenvalue weighted by Gasteiger charge is -2.34. The van der Waals surface area contributed by atoms with Crippen molar-refractivity contribution in [1.82, 2.24) is 15.1 Å². The Hall–Kier alpha value is -0.810. The first-order valence-corrected chi connectivity index (χ1v) is 9.99. The van der Waals surface area contributed by atoms with E-state index in [0.717, 1.165) is 64.8 Å². The van der Waals surface area contributed by atoms with E-state index in [0.29, 0.717) is 13.0 Å². The van der Waals surface area contributed by atoms with Crippen LogP contribution < -0.4 is 5.32 Å². The zero-order chi connectivity index (χ0) is 16.8. The second kappa shape index (κ2) is 9.77. The Labute approximate surface area is 158 Å². The molecule has 0 bridgehead atoms. The van der Waals surface area contributed by atoms with Gasteiger partial charge >= 0.3 is 0 Å². The van der Waals surface area contributed by atoms with Gasteiger partial charge in [-0.05, 0) is 38.6 Å². The summed E-state index contributed by atoms with van der Waals surface area (Å²) in [5, 5.41) is 3.35. The lowest BCUT2D eigenvalue weighted by molar-refractivity contribution is -0.147. The maximum atomic E-state index is 13.3. The van der Waals surface area contributed by atoms with Crippen LogP contribution >= 0.6 is 12.4 Å². The van der Waals surface area contributed by atoms with Gasteiger partial charge in [0.2, 0.25) is 11.8 Å². The van der Waals surface area contributed by atoms with Crippen molar-refractivity contribution in [2.75, 3.05) is 39.3 Å². The minimum atomic E-state index is -0.492. The van der Waals surface area contributed by atoms with Gasteiger partial charge in [-0.2, -0.15) is 0 Å². The van der Waals surface area contributed by atoms with Gasteiger partial charge in [0.05, 0.1) is 5.41 Å². The molecule has 1 N–H and O–H groups in total. The van der Waals surface area contributed by atoms with Crippen LogP contribution in [0.2, 0.25) is 0 Å². The Morgan fingerprint density at radius 1 is 0.800 bits per heavy atom. The van der Waals surface area contributed by atoms with E-state index in [1.54, 1.807) is 0 Å². The van der Waals surface area contributed by atoms with Crippen LogP contribution in [0.5, 0.6) is 0 Å². The Morgan fingerprint density at radius 2 is 1.32 bits per heavy atom. The van der Waals surface area contributed by atoms with E-state index in [-0.39, 0.29) is 24.2 Å². The summed E-state index contributed by atoms with van der Waals surface area (Å²) in [6.45, 7) is 5.02. The second-order valence-electron chi connectivity index (χ2n) is 7.89. The molecule has 6 heteroatoms. The number of carbonyl (C=O) groups is 2. The van der Waals surface area contributed by atoms with E-state index >= 15 is 0 Å². The molecule has 1 atom stereocenters. The number of amides is 2. The molecule has 0 spiro atoms. The Balaban J connectivity index is 0.00000225. The summed E-state index contributed by atoms with van der Waals surface area (Å²) in [4.78, 5) is 30.2. The number of carbonyl (C=O) groups excluding carboxylic acids is 2. The van der Waals surface area contributed by atoms with Crippen molar-refractivity contribution in [3.63, 3.8) is 0 Å². The van der Waals surface area contributed by atoms with E-state index in [4.69, 9.17) is 0 Å². The molecule has 3 heterocycles. The monoisotopic (exact) mass is 371 g/mol. The molecule has 2 amide bonds. The first kappa shape index (κ1) is 20.5. The highest BCUT2D eigenvalue weighted by Crippen LogP contribution is 2.34. The van der Waals surface area contributed by atoms with Crippen molar-refractivity contribution in [3.05, 3.63) is 0 Å². The Bertz CT molecular complexity index is 436. The third-order valence-corrected chi connectivity index (χ3v) is 6.04. The van der Waals surface area contributed by atoms with Crippen molar-refractivity contribution >= 4 is 24.2 Å². The average molecular weight is 372 g/mol. The number of rotatable bonds is 3. The number of hydrogen-bond donors (Lipinski definition) is 1. The molecule has 0 aromatic rings. The molecule has 3 saturated heterocycles. The standard InChI is InChI=1S/C19H33N3O2.ClH/c23-17(21-11-5-1-2-6-12-21)15-19(9-10-20-16-19)18(24)22-13-7-3-4-8-14-22;/h20H,1-16H2;1H. The summed E-state index contributed by atoms with van der Waals surface area (Å²) in [5.74, 6) is 0.432. The van der Waals surface area contributed by atoms with Gasteiger partial charge in [0.15, 0.2) is 0 Å². The van der Waals surface area contributed by atoms with Crippen LogP contribution in [-0.2, 0) is 9.59 Å². The van der Waals surface area contributed by atoms with Gasteiger partial charge in [0.25, 0.3) is 0 Å². The van der Waals surface area contributed by atoms with Gasteiger partial charge in [-0.25, -0.2) is 0 Å². The lowest BCUT2D eigenvalue weighted by Crippen LogP contribution is -2.48. The molecule has 1 unspecified atom stereocenters. The van der Waals surface area contributed by atoms with Crippen LogP contribution in [0.15, 0.2) is 0 Å². The van der Waals surface area contributed by atoms with Crippen LogP contribution in [0.4, 0.5) is 0 Å². The fourth-order valence-electron chi connectivity index (χ4n) is 4.48. The molecular weight excluding hydrogens is 338 g/mol. The Morgan fingerprint density at radius 3 is 1.80 bits per heavy atom. The van der Waals surface area contributed by atoms with Gasteiger partial charge in [-0.1, -0.05) is 25.7 Å². The first-order valence-electron chi connectivity index (χ1n) is 9.99. The summed E-state index contributed by atoms with van der Waals surface area (Å²) in [5.41, 5.74) is -0.492. The zero-order valence-corrected chi connectivity index (χ0v) is 16.2. The first-order chi connectivity index (χ1) is 11.7. The second-order valence-corrected chi connectivity index (χ2v) is 7.89. The number of nitrogens with one attached hydrogen (secondary N) is 1.